The van der Waals surface area contributed by atoms with Gasteiger partial charge in [0.05, 0.1) is 37.7 Å². The van der Waals surface area contributed by atoms with E-state index in [2.05, 4.69) is 11.4 Å². The third-order valence-electron chi connectivity index (χ3n) is 5.32. The van der Waals surface area contributed by atoms with Crippen molar-refractivity contribution in [3.8, 4) is 11.8 Å². The van der Waals surface area contributed by atoms with Crippen LogP contribution in [0, 0.1) is 23.2 Å². The normalized spacial score (nSPS) is 28.6. The summed E-state index contributed by atoms with van der Waals surface area (Å²) in [6.07, 6.45) is 0. The van der Waals surface area contributed by atoms with E-state index in [1.54, 1.807) is 18.9 Å². The molecule has 150 valence electrons. The Kier molecular flexibility index (Phi) is 6.35. The number of amides is 1. The van der Waals surface area contributed by atoms with E-state index >= 15 is 0 Å². The van der Waals surface area contributed by atoms with Crippen LogP contribution in [0.5, 0.6) is 5.75 Å². The molecular formula is C20H25N3O4S. The molecule has 1 amide bonds. The minimum Gasteiger partial charge on any atom is -0.497 e. The second-order valence-corrected chi connectivity index (χ2v) is 8.13. The van der Waals surface area contributed by atoms with Gasteiger partial charge in [-0.05, 0) is 38.1 Å². The van der Waals surface area contributed by atoms with Crippen molar-refractivity contribution in [2.45, 2.75) is 30.4 Å². The van der Waals surface area contributed by atoms with Gasteiger partial charge in [-0.3, -0.25) is 9.59 Å². The van der Waals surface area contributed by atoms with Gasteiger partial charge in [-0.25, -0.2) is 0 Å². The molecule has 1 aromatic rings. The number of hydrogen-bond acceptors (Lipinski definition) is 7. The number of carbonyl (C=O) groups is 2. The summed E-state index contributed by atoms with van der Waals surface area (Å²) in [5.74, 6) is -0.545. The number of fused-ring (bicyclic) bond motifs is 1. The van der Waals surface area contributed by atoms with Crippen LogP contribution in [-0.2, 0) is 14.3 Å². The van der Waals surface area contributed by atoms with Crippen molar-refractivity contribution in [2.75, 3.05) is 32.1 Å². The van der Waals surface area contributed by atoms with Crippen LogP contribution < -0.4 is 10.1 Å². The summed E-state index contributed by atoms with van der Waals surface area (Å²) >= 11 is 1.49. The maximum Gasteiger partial charge on any atom is 0.311 e. The first-order valence-corrected chi connectivity index (χ1v) is 10.4. The van der Waals surface area contributed by atoms with E-state index < -0.39 is 11.8 Å². The highest BCUT2D eigenvalue weighted by molar-refractivity contribution is 8.01. The van der Waals surface area contributed by atoms with Gasteiger partial charge in [0.1, 0.15) is 11.0 Å². The number of nitriles is 1. The van der Waals surface area contributed by atoms with Gasteiger partial charge in [0.25, 0.3) is 0 Å². The number of esters is 1. The number of carbonyl (C=O) groups excluding carboxylic acids is 2. The average molecular weight is 404 g/mol. The molecule has 5 atom stereocenters. The zero-order chi connectivity index (χ0) is 20.3. The summed E-state index contributed by atoms with van der Waals surface area (Å²) in [5, 5.41) is 12.4. The minimum atomic E-state index is -0.504. The van der Waals surface area contributed by atoms with Crippen molar-refractivity contribution in [2.24, 2.45) is 11.8 Å². The lowest BCUT2D eigenvalue weighted by Gasteiger charge is -2.55. The van der Waals surface area contributed by atoms with Crippen LogP contribution in [0.1, 0.15) is 13.8 Å². The van der Waals surface area contributed by atoms with Gasteiger partial charge in [-0.15, -0.1) is 11.8 Å². The Morgan fingerprint density at radius 1 is 1.32 bits per heavy atom. The van der Waals surface area contributed by atoms with Gasteiger partial charge in [0.15, 0.2) is 0 Å². The molecule has 1 aliphatic carbocycles. The molecule has 1 N–H and O–H groups in total. The quantitative estimate of drug-likeness (QED) is 0.698. The molecule has 0 aromatic heterocycles. The van der Waals surface area contributed by atoms with Crippen molar-refractivity contribution in [3.05, 3.63) is 24.3 Å². The average Bonchev–Trinajstić information content (AvgIpc) is 2.70. The summed E-state index contributed by atoms with van der Waals surface area (Å²) in [6.45, 7) is 4.92. The highest BCUT2D eigenvalue weighted by Crippen LogP contribution is 2.50. The number of nitrogens with zero attached hydrogens (tertiary/aromatic N) is 2. The lowest BCUT2D eigenvalue weighted by atomic mass is 9.68. The number of benzene rings is 1. The van der Waals surface area contributed by atoms with Crippen LogP contribution >= 0.6 is 11.8 Å². The molecule has 3 rings (SSSR count). The van der Waals surface area contributed by atoms with Gasteiger partial charge >= 0.3 is 5.97 Å². The van der Waals surface area contributed by atoms with E-state index in [1.807, 2.05) is 31.2 Å². The van der Waals surface area contributed by atoms with Crippen molar-refractivity contribution < 1.29 is 19.1 Å². The van der Waals surface area contributed by atoms with Crippen molar-refractivity contribution in [1.29, 1.82) is 5.26 Å². The van der Waals surface area contributed by atoms with Gasteiger partial charge in [-0.1, -0.05) is 0 Å². The molecule has 28 heavy (non-hydrogen) atoms. The van der Waals surface area contributed by atoms with Gasteiger partial charge in [0, 0.05) is 24.0 Å². The van der Waals surface area contributed by atoms with Crippen LogP contribution in [-0.4, -0.2) is 60.1 Å². The van der Waals surface area contributed by atoms with Crippen molar-refractivity contribution >= 4 is 29.3 Å². The molecule has 2 aliphatic rings. The lowest BCUT2D eigenvalue weighted by Crippen LogP contribution is -2.70. The molecule has 0 radical (unpaired) electrons. The molecule has 1 saturated heterocycles. The zero-order valence-electron chi connectivity index (χ0n) is 16.3. The molecule has 0 spiro atoms. The van der Waals surface area contributed by atoms with Crippen LogP contribution in [0.3, 0.4) is 0 Å². The first kappa shape index (κ1) is 20.3. The van der Waals surface area contributed by atoms with Crippen LogP contribution in [0.4, 0.5) is 5.69 Å². The smallest absolute Gasteiger partial charge is 0.311 e. The summed E-state index contributed by atoms with van der Waals surface area (Å²) in [6, 6.07) is 9.50. The Balaban J connectivity index is 1.72. The number of nitrogens with one attached hydrogen (secondary N) is 1. The lowest BCUT2D eigenvalue weighted by molar-refractivity contribution is -0.159. The third kappa shape index (κ3) is 3.63. The summed E-state index contributed by atoms with van der Waals surface area (Å²) in [7, 11) is 1.61. The maximum atomic E-state index is 13.0. The number of rotatable bonds is 7. The first-order chi connectivity index (χ1) is 13.5. The van der Waals surface area contributed by atoms with Crippen LogP contribution in [0.2, 0.25) is 0 Å². The molecule has 1 aliphatic heterocycles. The summed E-state index contributed by atoms with van der Waals surface area (Å²) in [5.41, 5.74) is 0.893. The molecule has 7 nitrogen and oxygen atoms in total. The van der Waals surface area contributed by atoms with Gasteiger partial charge in [0.2, 0.25) is 5.91 Å². The molecule has 0 bridgehead atoms. The second kappa shape index (κ2) is 8.74. The number of anilines is 1. The fourth-order valence-corrected chi connectivity index (χ4v) is 5.64. The largest absolute Gasteiger partial charge is 0.497 e. The van der Waals surface area contributed by atoms with E-state index in [0.29, 0.717) is 13.1 Å². The predicted octanol–water partition coefficient (Wildman–Crippen LogP) is 2.14. The highest BCUT2D eigenvalue weighted by Gasteiger charge is 2.62. The van der Waals surface area contributed by atoms with Gasteiger partial charge in [-0.2, -0.15) is 5.26 Å². The van der Waals surface area contributed by atoms with E-state index in [1.165, 1.54) is 11.8 Å². The van der Waals surface area contributed by atoms with Crippen molar-refractivity contribution in [1.82, 2.24) is 4.90 Å². The maximum absolute atomic E-state index is 13.0. The fraction of sp³-hybridized carbons (Fsp3) is 0.550. The molecule has 8 heteroatoms. The fourth-order valence-electron chi connectivity index (χ4n) is 3.90. The van der Waals surface area contributed by atoms with E-state index in [-0.39, 0.29) is 35.0 Å². The minimum absolute atomic E-state index is 0.0114. The summed E-state index contributed by atoms with van der Waals surface area (Å²) in [4.78, 5) is 27.1. The Morgan fingerprint density at radius 3 is 2.61 bits per heavy atom. The van der Waals surface area contributed by atoms with E-state index in [9.17, 15) is 14.9 Å². The first-order valence-electron chi connectivity index (χ1n) is 9.45. The molecule has 1 saturated carbocycles. The van der Waals surface area contributed by atoms with Gasteiger partial charge < -0.3 is 19.7 Å². The molecule has 5 unspecified atom stereocenters. The topological polar surface area (TPSA) is 91.7 Å². The SMILES string of the molecule is CCOC(=O)C1C(C#N)C2C1SC(CNc1ccc(OC)cc1)C(=O)N2CC. The monoisotopic (exact) mass is 403 g/mol. The molecule has 2 fully saturated rings. The molecule has 1 heterocycles. The number of methoxy groups -OCH3 is 1. The summed E-state index contributed by atoms with van der Waals surface area (Å²) < 4.78 is 10.3. The Hall–Kier alpha value is -2.40. The second-order valence-electron chi connectivity index (χ2n) is 6.75. The Bertz CT molecular complexity index is 764. The van der Waals surface area contributed by atoms with E-state index in [0.717, 1.165) is 11.4 Å². The van der Waals surface area contributed by atoms with E-state index in [4.69, 9.17) is 9.47 Å². The highest BCUT2D eigenvalue weighted by atomic mass is 32.2. The Labute approximate surface area is 169 Å². The van der Waals surface area contributed by atoms with Crippen LogP contribution in [0.25, 0.3) is 0 Å². The third-order valence-corrected chi connectivity index (χ3v) is 6.90. The predicted molar refractivity (Wildman–Crippen MR) is 107 cm³/mol. The van der Waals surface area contributed by atoms with Crippen LogP contribution in [0.15, 0.2) is 24.3 Å². The number of hydrogen-bond donors (Lipinski definition) is 1. The standard InChI is InChI=1S/C20H25N3O4S/c1-4-23-17-14(10-21)16(20(25)27-5-2)18(17)28-15(19(23)24)11-22-12-6-8-13(26-3)9-7-12/h6-9,14-18,22H,4-5,11H2,1-3H3. The number of ether oxygens (including phenoxy) is 2. The Morgan fingerprint density at radius 2 is 2.04 bits per heavy atom. The molecular weight excluding hydrogens is 378 g/mol. The zero-order valence-corrected chi connectivity index (χ0v) is 17.1. The number of thioether (sulfide) groups is 1. The van der Waals surface area contributed by atoms with Crippen molar-refractivity contribution in [3.63, 3.8) is 0 Å². The molecule has 1 aromatic carbocycles.